The molecule has 0 heterocycles. The van der Waals surface area contributed by atoms with Crippen molar-refractivity contribution in [1.29, 1.82) is 0 Å². The van der Waals surface area contributed by atoms with Crippen LogP contribution in [0.15, 0.2) is 60.7 Å². The highest BCUT2D eigenvalue weighted by Gasteiger charge is 2.09. The Bertz CT molecular complexity index is 763. The molecular formula is C22H18O2. The number of rotatable bonds is 2. The Kier molecular flexibility index (Phi) is 4.90. The third-order valence-electron chi connectivity index (χ3n) is 3.76. The van der Waals surface area contributed by atoms with E-state index in [0.717, 1.165) is 11.1 Å². The highest BCUT2D eigenvalue weighted by molar-refractivity contribution is 5.59. The maximum Gasteiger partial charge on any atom is 0.135 e. The summed E-state index contributed by atoms with van der Waals surface area (Å²) >= 11 is 0. The van der Waals surface area contributed by atoms with Crippen molar-refractivity contribution < 1.29 is 9.47 Å². The van der Waals surface area contributed by atoms with Crippen LogP contribution in [0.4, 0.5) is 0 Å². The lowest BCUT2D eigenvalue weighted by atomic mass is 10.1. The van der Waals surface area contributed by atoms with E-state index in [1.54, 1.807) is 14.2 Å². The molecular weight excluding hydrogens is 296 g/mol. The smallest absolute Gasteiger partial charge is 0.135 e. The van der Waals surface area contributed by atoms with Crippen molar-refractivity contribution in [3.63, 3.8) is 0 Å². The molecule has 0 aromatic heterocycles. The van der Waals surface area contributed by atoms with E-state index in [0.29, 0.717) is 11.5 Å². The lowest BCUT2D eigenvalue weighted by Crippen LogP contribution is -1.95. The Morgan fingerprint density at radius 2 is 1.04 bits per heavy atom. The van der Waals surface area contributed by atoms with Crippen LogP contribution in [0.5, 0.6) is 11.5 Å². The molecule has 24 heavy (non-hydrogen) atoms. The van der Waals surface area contributed by atoms with Crippen LogP contribution in [0, 0.1) is 35.5 Å². The first-order valence-electron chi connectivity index (χ1n) is 7.79. The van der Waals surface area contributed by atoms with Gasteiger partial charge < -0.3 is 9.47 Å². The summed E-state index contributed by atoms with van der Waals surface area (Å²) in [5.41, 5.74) is 1.60. The number of benzene rings is 1. The van der Waals surface area contributed by atoms with Gasteiger partial charge in [0.25, 0.3) is 0 Å². The van der Waals surface area contributed by atoms with Gasteiger partial charge in [-0.05, 0) is 0 Å². The number of hydrogen-bond acceptors (Lipinski definition) is 2. The third-order valence-corrected chi connectivity index (χ3v) is 3.76. The van der Waals surface area contributed by atoms with Crippen LogP contribution in [0.25, 0.3) is 0 Å². The molecule has 0 bridgehead atoms. The largest absolute Gasteiger partial charge is 0.495 e. The molecule has 1 aromatic carbocycles. The van der Waals surface area contributed by atoms with Crippen LogP contribution in [-0.2, 0) is 0 Å². The van der Waals surface area contributed by atoms with E-state index in [2.05, 4.69) is 48.0 Å². The molecule has 3 rings (SSSR count). The summed E-state index contributed by atoms with van der Waals surface area (Å²) in [6.45, 7) is 0. The zero-order valence-electron chi connectivity index (χ0n) is 13.7. The number of ether oxygens (including phenoxy) is 2. The van der Waals surface area contributed by atoms with E-state index < -0.39 is 0 Å². The molecule has 1 aromatic rings. The average Bonchev–Trinajstić information content (AvgIpc) is 3.31. The van der Waals surface area contributed by atoms with Crippen LogP contribution >= 0.6 is 0 Å². The second-order valence-corrected chi connectivity index (χ2v) is 5.38. The molecule has 2 aliphatic carbocycles. The topological polar surface area (TPSA) is 18.5 Å². The predicted molar refractivity (Wildman–Crippen MR) is 96.8 cm³/mol. The van der Waals surface area contributed by atoms with E-state index in [9.17, 15) is 0 Å². The fourth-order valence-corrected chi connectivity index (χ4v) is 2.47. The van der Waals surface area contributed by atoms with Crippen LogP contribution in [0.1, 0.15) is 11.1 Å². The molecule has 0 saturated heterocycles. The summed E-state index contributed by atoms with van der Waals surface area (Å²) in [7, 11) is 3.28. The van der Waals surface area contributed by atoms with E-state index in [1.807, 2.05) is 36.4 Å². The fraction of sp³-hybridized carbons (Fsp3) is 0.182. The van der Waals surface area contributed by atoms with Crippen LogP contribution in [-0.4, -0.2) is 14.2 Å². The van der Waals surface area contributed by atoms with Gasteiger partial charge in [-0.2, -0.15) is 0 Å². The van der Waals surface area contributed by atoms with Gasteiger partial charge in [0, 0.05) is 12.1 Å². The van der Waals surface area contributed by atoms with Gasteiger partial charge >= 0.3 is 0 Å². The van der Waals surface area contributed by atoms with E-state index >= 15 is 0 Å². The first-order valence-corrected chi connectivity index (χ1v) is 7.79. The molecule has 2 heteroatoms. The van der Waals surface area contributed by atoms with Gasteiger partial charge in [0.15, 0.2) is 0 Å². The summed E-state index contributed by atoms with van der Waals surface area (Å²) < 4.78 is 11.0. The van der Waals surface area contributed by atoms with E-state index in [-0.39, 0.29) is 11.8 Å². The maximum absolute atomic E-state index is 5.48. The van der Waals surface area contributed by atoms with Crippen LogP contribution in [0.3, 0.4) is 0 Å². The minimum absolute atomic E-state index is 0.154. The van der Waals surface area contributed by atoms with Gasteiger partial charge in [-0.25, -0.2) is 0 Å². The van der Waals surface area contributed by atoms with Crippen molar-refractivity contribution >= 4 is 0 Å². The molecule has 0 N–H and O–H groups in total. The number of hydrogen-bond donors (Lipinski definition) is 0. The summed E-state index contributed by atoms with van der Waals surface area (Å²) in [6, 6.07) is 3.77. The molecule has 0 saturated carbocycles. The minimum atomic E-state index is 0.154. The van der Waals surface area contributed by atoms with Crippen LogP contribution in [0.2, 0.25) is 0 Å². The lowest BCUT2D eigenvalue weighted by Gasteiger charge is -2.09. The standard InChI is InChI=1S/C22H18O2/c1-23-21-15-20(14-12-18-9-5-6-10-18)22(24-2)16-19(21)13-11-17-7-3-4-8-17/h3-10,15-18H,1-2H3. The molecule has 2 aliphatic rings. The molecule has 0 amide bonds. The van der Waals surface area contributed by atoms with Gasteiger partial charge in [-0.1, -0.05) is 72.3 Å². The van der Waals surface area contributed by atoms with Crippen molar-refractivity contribution in [3.8, 4) is 35.2 Å². The first-order chi connectivity index (χ1) is 11.8. The minimum Gasteiger partial charge on any atom is -0.495 e. The van der Waals surface area contributed by atoms with E-state index in [1.165, 1.54) is 0 Å². The van der Waals surface area contributed by atoms with Crippen molar-refractivity contribution in [1.82, 2.24) is 0 Å². The zero-order chi connectivity index (χ0) is 16.8. The van der Waals surface area contributed by atoms with Gasteiger partial charge in [-0.15, -0.1) is 0 Å². The molecule has 0 unspecified atom stereocenters. The maximum atomic E-state index is 5.48. The molecule has 0 fully saturated rings. The molecule has 118 valence electrons. The SMILES string of the molecule is COc1cc(C#CC2C=CC=C2)c(OC)cc1C#CC1C=CC=C1. The van der Waals surface area contributed by atoms with Crippen molar-refractivity contribution in [2.75, 3.05) is 14.2 Å². The molecule has 0 aliphatic heterocycles. The molecule has 0 atom stereocenters. The second kappa shape index (κ2) is 7.44. The van der Waals surface area contributed by atoms with Crippen molar-refractivity contribution in [2.45, 2.75) is 0 Å². The predicted octanol–water partition coefficient (Wildman–Crippen LogP) is 3.89. The Morgan fingerprint density at radius 3 is 1.38 bits per heavy atom. The van der Waals surface area contributed by atoms with Gasteiger partial charge in [0.2, 0.25) is 0 Å². The van der Waals surface area contributed by atoms with Crippen molar-refractivity contribution in [2.24, 2.45) is 11.8 Å². The fourth-order valence-electron chi connectivity index (χ4n) is 2.47. The second-order valence-electron chi connectivity index (χ2n) is 5.38. The molecule has 0 spiro atoms. The Hall–Kier alpha value is -3.10. The Balaban J connectivity index is 1.93. The zero-order valence-corrected chi connectivity index (χ0v) is 13.7. The quantitative estimate of drug-likeness (QED) is 0.771. The number of methoxy groups -OCH3 is 2. The van der Waals surface area contributed by atoms with Gasteiger partial charge in [-0.3, -0.25) is 0 Å². The highest BCUT2D eigenvalue weighted by atomic mass is 16.5. The first kappa shape index (κ1) is 15.8. The Labute approximate surface area is 143 Å². The summed E-state index contributed by atoms with van der Waals surface area (Å²) in [5, 5.41) is 0. The average molecular weight is 314 g/mol. The Morgan fingerprint density at radius 1 is 0.667 bits per heavy atom. The summed E-state index contributed by atoms with van der Waals surface area (Å²) in [5.74, 6) is 14.5. The summed E-state index contributed by atoms with van der Waals surface area (Å²) in [4.78, 5) is 0. The lowest BCUT2D eigenvalue weighted by molar-refractivity contribution is 0.401. The van der Waals surface area contributed by atoms with Gasteiger partial charge in [0.1, 0.15) is 11.5 Å². The monoisotopic (exact) mass is 314 g/mol. The summed E-state index contributed by atoms with van der Waals surface area (Å²) in [6.07, 6.45) is 16.2. The third kappa shape index (κ3) is 3.62. The highest BCUT2D eigenvalue weighted by Crippen LogP contribution is 2.28. The van der Waals surface area contributed by atoms with Crippen molar-refractivity contribution in [3.05, 3.63) is 71.9 Å². The molecule has 2 nitrogen and oxygen atoms in total. The number of allylic oxidation sites excluding steroid dienone is 8. The van der Waals surface area contributed by atoms with Gasteiger partial charge in [0.05, 0.1) is 37.2 Å². The van der Waals surface area contributed by atoms with E-state index in [4.69, 9.17) is 9.47 Å². The normalized spacial score (nSPS) is 15.1. The van der Waals surface area contributed by atoms with Crippen LogP contribution < -0.4 is 9.47 Å². The molecule has 0 radical (unpaired) electrons.